The summed E-state index contributed by atoms with van der Waals surface area (Å²) >= 11 is 6.04. The molecule has 0 atom stereocenters. The maximum absolute atomic E-state index is 13.0. The predicted molar refractivity (Wildman–Crippen MR) is 124 cm³/mol. The van der Waals surface area contributed by atoms with Gasteiger partial charge in [-0.2, -0.15) is 5.10 Å². The van der Waals surface area contributed by atoms with E-state index in [9.17, 15) is 4.79 Å². The molecule has 0 fully saturated rings. The average molecular weight is 450 g/mol. The van der Waals surface area contributed by atoms with Gasteiger partial charge >= 0.3 is 0 Å². The SMILES string of the molecule is CCCN(Cc1c(C)nn(-c2ccccc2)c1Oc1ccc(Cl)cc1)C(=O)c1ccco1. The number of furan rings is 1. The fourth-order valence-corrected chi connectivity index (χ4v) is 3.58. The summed E-state index contributed by atoms with van der Waals surface area (Å²) in [6, 6.07) is 20.3. The van der Waals surface area contributed by atoms with Crippen LogP contribution in [0.3, 0.4) is 0 Å². The van der Waals surface area contributed by atoms with Crippen LogP contribution in [-0.2, 0) is 6.54 Å². The second-order valence-electron chi connectivity index (χ2n) is 7.38. The smallest absolute Gasteiger partial charge is 0.289 e. The fourth-order valence-electron chi connectivity index (χ4n) is 3.45. The molecule has 0 saturated heterocycles. The zero-order chi connectivity index (χ0) is 22.5. The summed E-state index contributed by atoms with van der Waals surface area (Å²) in [4.78, 5) is 14.8. The first kappa shape index (κ1) is 21.7. The van der Waals surface area contributed by atoms with E-state index >= 15 is 0 Å². The molecule has 6 nitrogen and oxygen atoms in total. The van der Waals surface area contributed by atoms with Crippen LogP contribution in [0, 0.1) is 6.92 Å². The maximum Gasteiger partial charge on any atom is 0.289 e. The number of amides is 1. The second-order valence-corrected chi connectivity index (χ2v) is 7.81. The molecule has 4 aromatic rings. The van der Waals surface area contributed by atoms with Crippen molar-refractivity contribution < 1.29 is 13.9 Å². The number of carbonyl (C=O) groups is 1. The molecule has 0 spiro atoms. The number of hydrogen-bond donors (Lipinski definition) is 0. The molecule has 2 aromatic heterocycles. The van der Waals surface area contributed by atoms with E-state index in [4.69, 9.17) is 25.9 Å². The first-order valence-corrected chi connectivity index (χ1v) is 10.8. The standard InChI is InChI=1S/C25H24ClN3O3/c1-3-15-28(24(30)23-10-7-16-31-23)17-22-18(2)27-29(20-8-5-4-6-9-20)25(22)32-21-13-11-19(26)12-14-21/h4-14,16H,3,15,17H2,1-2H3. The van der Waals surface area contributed by atoms with Crippen molar-refractivity contribution in [2.75, 3.05) is 6.54 Å². The zero-order valence-electron chi connectivity index (χ0n) is 18.0. The van der Waals surface area contributed by atoms with Gasteiger partial charge in [0.2, 0.25) is 5.88 Å². The summed E-state index contributed by atoms with van der Waals surface area (Å²) < 4.78 is 13.4. The van der Waals surface area contributed by atoms with Crippen molar-refractivity contribution in [2.45, 2.75) is 26.8 Å². The Kier molecular flexibility index (Phi) is 6.61. The van der Waals surface area contributed by atoms with Crippen LogP contribution in [-0.4, -0.2) is 27.1 Å². The Morgan fingerprint density at radius 3 is 2.50 bits per heavy atom. The monoisotopic (exact) mass is 449 g/mol. The Morgan fingerprint density at radius 1 is 1.09 bits per heavy atom. The van der Waals surface area contributed by atoms with E-state index in [0.29, 0.717) is 35.5 Å². The number of hydrogen-bond acceptors (Lipinski definition) is 4. The highest BCUT2D eigenvalue weighted by Gasteiger charge is 2.25. The molecule has 0 unspecified atom stereocenters. The molecule has 7 heteroatoms. The second kappa shape index (κ2) is 9.75. The lowest BCUT2D eigenvalue weighted by atomic mass is 10.2. The molecule has 2 heterocycles. The van der Waals surface area contributed by atoms with Crippen LogP contribution in [0.5, 0.6) is 11.6 Å². The summed E-state index contributed by atoms with van der Waals surface area (Å²) in [6.07, 6.45) is 2.32. The maximum atomic E-state index is 13.0. The predicted octanol–water partition coefficient (Wildman–Crippen LogP) is 6.27. The third-order valence-electron chi connectivity index (χ3n) is 5.03. The Bertz CT molecular complexity index is 1170. The minimum absolute atomic E-state index is 0.166. The fraction of sp³-hybridized carbons (Fsp3) is 0.200. The summed E-state index contributed by atoms with van der Waals surface area (Å²) in [7, 11) is 0. The molecular formula is C25H24ClN3O3. The van der Waals surface area contributed by atoms with Gasteiger partial charge in [0.05, 0.1) is 29.8 Å². The molecule has 0 aliphatic carbocycles. The lowest BCUT2D eigenvalue weighted by molar-refractivity contribution is 0.0710. The Balaban J connectivity index is 1.75. The van der Waals surface area contributed by atoms with E-state index in [1.165, 1.54) is 6.26 Å². The number of para-hydroxylation sites is 1. The van der Waals surface area contributed by atoms with Gasteiger partial charge in [0.25, 0.3) is 5.91 Å². The Morgan fingerprint density at radius 2 is 1.84 bits per heavy atom. The number of aromatic nitrogens is 2. The van der Waals surface area contributed by atoms with E-state index in [1.807, 2.05) is 56.3 Å². The van der Waals surface area contributed by atoms with Gasteiger partial charge in [0, 0.05) is 11.6 Å². The molecule has 0 bridgehead atoms. The van der Waals surface area contributed by atoms with E-state index in [-0.39, 0.29) is 5.91 Å². The zero-order valence-corrected chi connectivity index (χ0v) is 18.7. The first-order chi connectivity index (χ1) is 15.6. The van der Waals surface area contributed by atoms with Crippen LogP contribution >= 0.6 is 11.6 Å². The van der Waals surface area contributed by atoms with Crippen LogP contribution in [0.1, 0.15) is 35.2 Å². The van der Waals surface area contributed by atoms with Gasteiger partial charge in [-0.15, -0.1) is 0 Å². The third-order valence-corrected chi connectivity index (χ3v) is 5.28. The minimum atomic E-state index is -0.166. The molecule has 0 aliphatic rings. The van der Waals surface area contributed by atoms with Crippen molar-refractivity contribution in [1.82, 2.24) is 14.7 Å². The Hall–Kier alpha value is -3.51. The summed E-state index contributed by atoms with van der Waals surface area (Å²) in [5.74, 6) is 1.34. The van der Waals surface area contributed by atoms with Gasteiger partial charge < -0.3 is 14.1 Å². The number of halogens is 1. The molecule has 0 radical (unpaired) electrons. The summed E-state index contributed by atoms with van der Waals surface area (Å²) in [5.41, 5.74) is 2.48. The van der Waals surface area contributed by atoms with Crippen molar-refractivity contribution in [3.05, 3.63) is 95.0 Å². The van der Waals surface area contributed by atoms with Crippen LogP contribution < -0.4 is 4.74 Å². The van der Waals surface area contributed by atoms with Crippen molar-refractivity contribution >= 4 is 17.5 Å². The minimum Gasteiger partial charge on any atom is -0.459 e. The third kappa shape index (κ3) is 4.70. The molecule has 32 heavy (non-hydrogen) atoms. The molecule has 1 amide bonds. The van der Waals surface area contributed by atoms with Crippen molar-refractivity contribution in [3.8, 4) is 17.3 Å². The highest BCUT2D eigenvalue weighted by Crippen LogP contribution is 2.32. The topological polar surface area (TPSA) is 60.5 Å². The number of rotatable bonds is 8. The normalized spacial score (nSPS) is 10.8. The molecule has 0 saturated carbocycles. The number of ether oxygens (including phenoxy) is 1. The van der Waals surface area contributed by atoms with Crippen LogP contribution in [0.15, 0.2) is 77.4 Å². The number of benzene rings is 2. The van der Waals surface area contributed by atoms with Crippen LogP contribution in [0.2, 0.25) is 5.02 Å². The molecule has 164 valence electrons. The van der Waals surface area contributed by atoms with E-state index < -0.39 is 0 Å². The highest BCUT2D eigenvalue weighted by molar-refractivity contribution is 6.30. The largest absolute Gasteiger partial charge is 0.459 e. The lowest BCUT2D eigenvalue weighted by Gasteiger charge is -2.21. The van der Waals surface area contributed by atoms with Gasteiger partial charge in [-0.3, -0.25) is 4.79 Å². The molecule has 2 aromatic carbocycles. The van der Waals surface area contributed by atoms with E-state index in [1.54, 1.807) is 33.8 Å². The molecular weight excluding hydrogens is 426 g/mol. The Labute approximate surface area is 192 Å². The van der Waals surface area contributed by atoms with Gasteiger partial charge in [-0.25, -0.2) is 4.68 Å². The van der Waals surface area contributed by atoms with Crippen LogP contribution in [0.25, 0.3) is 5.69 Å². The number of nitrogens with zero attached hydrogens (tertiary/aromatic N) is 3. The van der Waals surface area contributed by atoms with Gasteiger partial charge in [-0.1, -0.05) is 36.7 Å². The summed E-state index contributed by atoms with van der Waals surface area (Å²) in [6.45, 7) is 4.88. The van der Waals surface area contributed by atoms with E-state index in [2.05, 4.69) is 0 Å². The van der Waals surface area contributed by atoms with Gasteiger partial charge in [-0.05, 0) is 61.9 Å². The lowest BCUT2D eigenvalue weighted by Crippen LogP contribution is -2.31. The van der Waals surface area contributed by atoms with E-state index in [0.717, 1.165) is 23.4 Å². The van der Waals surface area contributed by atoms with Crippen molar-refractivity contribution in [2.24, 2.45) is 0 Å². The van der Waals surface area contributed by atoms with Gasteiger partial charge in [0.1, 0.15) is 5.75 Å². The number of aryl methyl sites for hydroxylation is 1. The average Bonchev–Trinajstić information content (AvgIpc) is 3.45. The highest BCUT2D eigenvalue weighted by atomic mass is 35.5. The molecule has 4 rings (SSSR count). The molecule has 0 N–H and O–H groups in total. The number of carbonyl (C=O) groups excluding carboxylic acids is 1. The van der Waals surface area contributed by atoms with Crippen molar-refractivity contribution in [3.63, 3.8) is 0 Å². The van der Waals surface area contributed by atoms with Crippen LogP contribution in [0.4, 0.5) is 0 Å². The van der Waals surface area contributed by atoms with Gasteiger partial charge in [0.15, 0.2) is 5.76 Å². The quantitative estimate of drug-likeness (QED) is 0.318. The first-order valence-electron chi connectivity index (χ1n) is 10.5. The molecule has 0 aliphatic heterocycles. The van der Waals surface area contributed by atoms with Crippen molar-refractivity contribution in [1.29, 1.82) is 0 Å². The summed E-state index contributed by atoms with van der Waals surface area (Å²) in [5, 5.41) is 5.36.